The number of nitrogens with one attached hydrogen (secondary N) is 1. The van der Waals surface area contributed by atoms with E-state index in [1.165, 1.54) is 23.1 Å². The van der Waals surface area contributed by atoms with Gasteiger partial charge < -0.3 is 5.32 Å². The molecule has 0 unspecified atom stereocenters. The molecule has 0 bridgehead atoms. The third-order valence-corrected chi connectivity index (χ3v) is 6.03. The van der Waals surface area contributed by atoms with Gasteiger partial charge >= 0.3 is 0 Å². The van der Waals surface area contributed by atoms with E-state index in [4.69, 9.17) is 0 Å². The number of anilines is 1. The third-order valence-electron chi connectivity index (χ3n) is 5.03. The summed E-state index contributed by atoms with van der Waals surface area (Å²) < 4.78 is 29.2. The maximum Gasteiger partial charge on any atom is 0.226 e. The van der Waals surface area contributed by atoms with Crippen LogP contribution in [0.5, 0.6) is 0 Å². The first-order valence-corrected chi connectivity index (χ1v) is 9.38. The number of hydrogen-bond donors (Lipinski definition) is 1. The predicted octanol–water partition coefficient (Wildman–Crippen LogP) is 3.89. The summed E-state index contributed by atoms with van der Waals surface area (Å²) in [5.74, 6) is -1.51. The lowest BCUT2D eigenvalue weighted by Gasteiger charge is -2.37. The van der Waals surface area contributed by atoms with Gasteiger partial charge in [-0.05, 0) is 29.1 Å². The zero-order valence-corrected chi connectivity index (χ0v) is 14.8. The van der Waals surface area contributed by atoms with Crippen LogP contribution >= 0.6 is 11.3 Å². The van der Waals surface area contributed by atoms with Gasteiger partial charge in [0, 0.05) is 29.0 Å². The van der Waals surface area contributed by atoms with Crippen LogP contribution in [0.2, 0.25) is 0 Å². The van der Waals surface area contributed by atoms with Gasteiger partial charge in [0.25, 0.3) is 0 Å². The number of halogens is 2. The number of benzene rings is 1. The van der Waals surface area contributed by atoms with Gasteiger partial charge in [-0.25, -0.2) is 13.5 Å². The van der Waals surface area contributed by atoms with Crippen LogP contribution in [0.1, 0.15) is 28.8 Å². The van der Waals surface area contributed by atoms with Crippen molar-refractivity contribution < 1.29 is 13.6 Å². The van der Waals surface area contributed by atoms with Crippen molar-refractivity contribution in [2.75, 3.05) is 5.32 Å². The molecule has 2 aromatic heterocycles. The van der Waals surface area contributed by atoms with E-state index in [2.05, 4.69) is 15.4 Å². The molecular weight excluding hydrogens is 370 g/mol. The molecule has 3 heterocycles. The zero-order valence-electron chi connectivity index (χ0n) is 14.0. The molecule has 1 aliphatic carbocycles. The second-order valence-electron chi connectivity index (χ2n) is 6.69. The summed E-state index contributed by atoms with van der Waals surface area (Å²) in [7, 11) is 0. The summed E-state index contributed by atoms with van der Waals surface area (Å²) in [6.07, 6.45) is 3.73. The van der Waals surface area contributed by atoms with Gasteiger partial charge in [-0.2, -0.15) is 10.1 Å². The van der Waals surface area contributed by atoms with Crippen molar-refractivity contribution in [2.24, 2.45) is 5.92 Å². The van der Waals surface area contributed by atoms with Gasteiger partial charge in [0.1, 0.15) is 23.7 Å². The SMILES string of the molecule is O=C1C[C@H](c2cccs2)C=C2Nc3ncnn3[C@H](c3cc(F)cc(F)c3)[C@@H]12. The molecule has 2 aliphatic rings. The van der Waals surface area contributed by atoms with Gasteiger partial charge in [-0.1, -0.05) is 12.1 Å². The Labute approximate surface area is 157 Å². The normalized spacial score (nSPS) is 24.0. The molecule has 0 fully saturated rings. The molecule has 0 saturated carbocycles. The third kappa shape index (κ3) is 2.68. The summed E-state index contributed by atoms with van der Waals surface area (Å²) >= 11 is 1.60. The number of ketones is 1. The van der Waals surface area contributed by atoms with Crippen LogP contribution in [0.4, 0.5) is 14.7 Å². The smallest absolute Gasteiger partial charge is 0.226 e. The second kappa shape index (κ2) is 6.09. The summed E-state index contributed by atoms with van der Waals surface area (Å²) in [6.45, 7) is 0. The van der Waals surface area contributed by atoms with Crippen molar-refractivity contribution in [3.8, 4) is 0 Å². The number of aromatic nitrogens is 3. The largest absolute Gasteiger partial charge is 0.328 e. The highest BCUT2D eigenvalue weighted by Gasteiger charge is 2.43. The van der Waals surface area contributed by atoms with Crippen LogP contribution in [0.15, 0.2) is 53.8 Å². The van der Waals surface area contributed by atoms with E-state index in [0.717, 1.165) is 10.9 Å². The van der Waals surface area contributed by atoms with E-state index >= 15 is 0 Å². The van der Waals surface area contributed by atoms with Crippen LogP contribution in [0.3, 0.4) is 0 Å². The minimum absolute atomic E-state index is 0.00854. The van der Waals surface area contributed by atoms with Crippen molar-refractivity contribution >= 4 is 23.1 Å². The van der Waals surface area contributed by atoms with Gasteiger partial charge in [-0.3, -0.25) is 4.79 Å². The molecule has 0 saturated heterocycles. The van der Waals surface area contributed by atoms with Crippen LogP contribution in [0, 0.1) is 17.6 Å². The summed E-state index contributed by atoms with van der Waals surface area (Å²) in [6, 6.07) is 6.64. The molecule has 8 heteroatoms. The van der Waals surface area contributed by atoms with E-state index in [1.54, 1.807) is 11.3 Å². The predicted molar refractivity (Wildman–Crippen MR) is 96.4 cm³/mol. The lowest BCUT2D eigenvalue weighted by Crippen LogP contribution is -2.40. The van der Waals surface area contributed by atoms with E-state index in [9.17, 15) is 13.6 Å². The molecule has 0 amide bonds. The van der Waals surface area contributed by atoms with Crippen LogP contribution in [-0.2, 0) is 4.79 Å². The Hall–Kier alpha value is -2.87. The average Bonchev–Trinajstić information content (AvgIpc) is 3.30. The van der Waals surface area contributed by atoms with E-state index in [1.807, 2.05) is 23.6 Å². The molecule has 3 aromatic rings. The number of Topliss-reactive ketones (excluding diaryl/α,β-unsaturated/α-hetero) is 1. The fourth-order valence-corrected chi connectivity index (χ4v) is 4.74. The molecular formula is C19H14F2N4OS. The first kappa shape index (κ1) is 16.3. The number of allylic oxidation sites excluding steroid dienone is 2. The summed E-state index contributed by atoms with van der Waals surface area (Å²) in [5, 5.41) is 9.35. The Morgan fingerprint density at radius 3 is 2.78 bits per heavy atom. The highest BCUT2D eigenvalue weighted by Crippen LogP contribution is 2.44. The molecule has 136 valence electrons. The summed E-state index contributed by atoms with van der Waals surface area (Å²) in [5.41, 5.74) is 1.07. The Bertz CT molecular complexity index is 1040. The van der Waals surface area contributed by atoms with Gasteiger partial charge in [0.2, 0.25) is 5.95 Å². The molecule has 0 radical (unpaired) electrons. The highest BCUT2D eigenvalue weighted by molar-refractivity contribution is 7.10. The molecule has 5 rings (SSSR count). The van der Waals surface area contributed by atoms with E-state index in [0.29, 0.717) is 23.6 Å². The topological polar surface area (TPSA) is 59.8 Å². The lowest BCUT2D eigenvalue weighted by atomic mass is 9.77. The van der Waals surface area contributed by atoms with Gasteiger partial charge in [0.05, 0.1) is 12.0 Å². The lowest BCUT2D eigenvalue weighted by molar-refractivity contribution is -0.123. The number of carbonyl (C=O) groups is 1. The van der Waals surface area contributed by atoms with E-state index < -0.39 is 23.6 Å². The molecule has 27 heavy (non-hydrogen) atoms. The van der Waals surface area contributed by atoms with Gasteiger partial charge in [-0.15, -0.1) is 11.3 Å². The van der Waals surface area contributed by atoms with Crippen LogP contribution in [0.25, 0.3) is 0 Å². The van der Waals surface area contributed by atoms with Crippen LogP contribution < -0.4 is 5.32 Å². The van der Waals surface area contributed by atoms with Gasteiger partial charge in [0.15, 0.2) is 0 Å². The first-order chi connectivity index (χ1) is 13.1. The molecule has 1 N–H and O–H groups in total. The number of carbonyl (C=O) groups excluding carboxylic acids is 1. The maximum absolute atomic E-state index is 13.9. The Kier molecular flexibility index (Phi) is 3.68. The number of hydrogen-bond acceptors (Lipinski definition) is 5. The minimum Gasteiger partial charge on any atom is -0.328 e. The number of rotatable bonds is 2. The zero-order chi connectivity index (χ0) is 18.5. The molecule has 1 aromatic carbocycles. The standard InChI is InChI=1S/C19H14F2N4OS/c20-12-4-11(5-13(21)8-12)18-17-14(24-19-22-9-23-25(18)19)6-10(7-15(17)26)16-2-1-3-27-16/h1-6,8-10,17-18H,7H2,(H,22,23,24)/t10-,17-,18-/m1/s1. The van der Waals surface area contributed by atoms with E-state index in [-0.39, 0.29) is 11.7 Å². The van der Waals surface area contributed by atoms with Crippen molar-refractivity contribution in [3.63, 3.8) is 0 Å². The first-order valence-electron chi connectivity index (χ1n) is 8.50. The number of fused-ring (bicyclic) bond motifs is 2. The fourth-order valence-electron chi connectivity index (χ4n) is 3.94. The highest BCUT2D eigenvalue weighted by atomic mass is 32.1. The summed E-state index contributed by atoms with van der Waals surface area (Å²) in [4.78, 5) is 18.4. The van der Waals surface area contributed by atoms with Crippen molar-refractivity contribution in [1.82, 2.24) is 14.8 Å². The fraction of sp³-hybridized carbons (Fsp3) is 0.211. The maximum atomic E-state index is 13.9. The van der Waals surface area contributed by atoms with Crippen molar-refractivity contribution in [3.05, 3.63) is 75.9 Å². The molecule has 0 spiro atoms. The molecule has 1 aliphatic heterocycles. The van der Waals surface area contributed by atoms with Crippen molar-refractivity contribution in [1.29, 1.82) is 0 Å². The second-order valence-corrected chi connectivity index (χ2v) is 7.67. The quantitative estimate of drug-likeness (QED) is 0.728. The van der Waals surface area contributed by atoms with Crippen molar-refractivity contribution in [2.45, 2.75) is 18.4 Å². The minimum atomic E-state index is -0.685. The Morgan fingerprint density at radius 1 is 1.22 bits per heavy atom. The molecule has 5 nitrogen and oxygen atoms in total. The Balaban J connectivity index is 1.65. The number of thiophene rings is 1. The number of nitrogens with zero attached hydrogens (tertiary/aromatic N) is 3. The molecule has 3 atom stereocenters. The monoisotopic (exact) mass is 384 g/mol. The average molecular weight is 384 g/mol. The Morgan fingerprint density at radius 2 is 2.04 bits per heavy atom. The van der Waals surface area contributed by atoms with Crippen LogP contribution in [-0.4, -0.2) is 20.5 Å².